The van der Waals surface area contributed by atoms with Gasteiger partial charge in [-0.15, -0.1) is 0 Å². The molecule has 0 bridgehead atoms. The fourth-order valence-corrected chi connectivity index (χ4v) is 2.33. The van der Waals surface area contributed by atoms with Gasteiger partial charge in [0.2, 0.25) is 11.8 Å². The predicted octanol–water partition coefficient (Wildman–Crippen LogP) is 3.07. The van der Waals surface area contributed by atoms with Crippen molar-refractivity contribution in [2.75, 3.05) is 0 Å². The maximum Gasteiger partial charge on any atom is 0.240 e. The van der Waals surface area contributed by atoms with Crippen LogP contribution >= 0.6 is 0 Å². The summed E-state index contributed by atoms with van der Waals surface area (Å²) in [6.45, 7) is 3.95. The van der Waals surface area contributed by atoms with Gasteiger partial charge < -0.3 is 0 Å². The van der Waals surface area contributed by atoms with Crippen molar-refractivity contribution < 1.29 is 9.59 Å². The van der Waals surface area contributed by atoms with E-state index < -0.39 is 0 Å². The molecule has 0 saturated heterocycles. The third-order valence-electron chi connectivity index (χ3n) is 3.97. The molecule has 0 fully saturated rings. The number of hydrogen-bond acceptors (Lipinski definition) is 4. The van der Waals surface area contributed by atoms with E-state index in [-0.39, 0.29) is 24.7 Å². The van der Waals surface area contributed by atoms with Crippen molar-refractivity contribution in [3.05, 3.63) is 70.8 Å². The standard InChI is InChI=1S/C21H24N4O2/c1-16-8-3-5-10-18(16)14-22-24-20(26)12-7-13-21(27)25-23-15-19-11-6-4-9-17(19)2/h3-6,8-11,14-15H,7,12-13H2,1-2H3,(H,24,26)(H,25,27)/b22-14+,23-15?. The normalized spacial score (nSPS) is 11.0. The summed E-state index contributed by atoms with van der Waals surface area (Å²) in [6, 6.07) is 15.5. The number of carbonyl (C=O) groups is 2. The lowest BCUT2D eigenvalue weighted by atomic mass is 10.1. The molecule has 0 aromatic heterocycles. The summed E-state index contributed by atoms with van der Waals surface area (Å²) < 4.78 is 0. The average Bonchev–Trinajstić information content (AvgIpc) is 2.65. The zero-order valence-corrected chi connectivity index (χ0v) is 15.6. The van der Waals surface area contributed by atoms with Gasteiger partial charge in [0.05, 0.1) is 12.4 Å². The molecule has 2 rings (SSSR count). The van der Waals surface area contributed by atoms with Crippen molar-refractivity contribution in [3.8, 4) is 0 Å². The summed E-state index contributed by atoms with van der Waals surface area (Å²) in [6.07, 6.45) is 4.10. The summed E-state index contributed by atoms with van der Waals surface area (Å²) in [5.41, 5.74) is 9.00. The zero-order valence-electron chi connectivity index (χ0n) is 15.6. The first-order chi connectivity index (χ1) is 13.1. The minimum Gasteiger partial charge on any atom is -0.273 e. The fraction of sp³-hybridized carbons (Fsp3) is 0.238. The van der Waals surface area contributed by atoms with Crippen LogP contribution in [0.4, 0.5) is 0 Å². The molecule has 6 heteroatoms. The molecule has 0 atom stereocenters. The van der Waals surface area contributed by atoms with Crippen molar-refractivity contribution in [1.29, 1.82) is 0 Å². The Balaban J connectivity index is 1.65. The van der Waals surface area contributed by atoms with Crippen molar-refractivity contribution in [2.45, 2.75) is 33.1 Å². The van der Waals surface area contributed by atoms with E-state index in [1.165, 1.54) is 0 Å². The minimum absolute atomic E-state index is 0.222. The van der Waals surface area contributed by atoms with Crippen LogP contribution in [0.1, 0.15) is 41.5 Å². The Morgan fingerprint density at radius 1 is 0.778 bits per heavy atom. The molecule has 140 valence electrons. The van der Waals surface area contributed by atoms with E-state index in [9.17, 15) is 9.59 Å². The summed E-state index contributed by atoms with van der Waals surface area (Å²) in [5, 5.41) is 7.89. The molecule has 2 N–H and O–H groups in total. The molecule has 0 saturated carbocycles. The zero-order chi connectivity index (χ0) is 19.5. The Kier molecular flexibility index (Phi) is 7.91. The number of benzene rings is 2. The second kappa shape index (κ2) is 10.7. The first kappa shape index (κ1) is 20.0. The molecule has 0 radical (unpaired) electrons. The van der Waals surface area contributed by atoms with Crippen LogP contribution in [0.3, 0.4) is 0 Å². The molecule has 0 aliphatic carbocycles. The Labute approximate surface area is 159 Å². The van der Waals surface area contributed by atoms with E-state index in [0.717, 1.165) is 22.3 Å². The molecule has 0 spiro atoms. The Hall–Kier alpha value is -3.28. The van der Waals surface area contributed by atoms with E-state index in [0.29, 0.717) is 6.42 Å². The molecule has 6 nitrogen and oxygen atoms in total. The van der Waals surface area contributed by atoms with Gasteiger partial charge in [-0.25, -0.2) is 10.9 Å². The smallest absolute Gasteiger partial charge is 0.240 e. The molecule has 0 unspecified atom stereocenters. The molecule has 2 amide bonds. The van der Waals surface area contributed by atoms with Gasteiger partial charge in [0, 0.05) is 12.8 Å². The van der Waals surface area contributed by atoms with Gasteiger partial charge in [-0.1, -0.05) is 48.5 Å². The highest BCUT2D eigenvalue weighted by Crippen LogP contribution is 2.04. The lowest BCUT2D eigenvalue weighted by molar-refractivity contribution is -0.122. The molecule has 0 aliphatic heterocycles. The highest BCUT2D eigenvalue weighted by Gasteiger charge is 2.04. The van der Waals surface area contributed by atoms with Gasteiger partial charge >= 0.3 is 0 Å². The lowest BCUT2D eigenvalue weighted by Crippen LogP contribution is -2.20. The van der Waals surface area contributed by atoms with Crippen LogP contribution in [-0.4, -0.2) is 24.2 Å². The largest absolute Gasteiger partial charge is 0.273 e. The number of rotatable bonds is 8. The molecule has 27 heavy (non-hydrogen) atoms. The van der Waals surface area contributed by atoms with Crippen LogP contribution in [0.5, 0.6) is 0 Å². The van der Waals surface area contributed by atoms with E-state index in [1.54, 1.807) is 12.4 Å². The third-order valence-corrected chi connectivity index (χ3v) is 3.97. The molecular formula is C21H24N4O2. The van der Waals surface area contributed by atoms with Crippen molar-refractivity contribution in [2.24, 2.45) is 10.2 Å². The van der Waals surface area contributed by atoms with Gasteiger partial charge in [-0.2, -0.15) is 10.2 Å². The van der Waals surface area contributed by atoms with Gasteiger partial charge in [0.1, 0.15) is 0 Å². The predicted molar refractivity (Wildman–Crippen MR) is 108 cm³/mol. The Bertz CT molecular complexity index is 774. The number of carbonyl (C=O) groups excluding carboxylic acids is 2. The first-order valence-corrected chi connectivity index (χ1v) is 8.81. The first-order valence-electron chi connectivity index (χ1n) is 8.81. The third kappa shape index (κ3) is 7.23. The van der Waals surface area contributed by atoms with E-state index in [1.807, 2.05) is 62.4 Å². The van der Waals surface area contributed by atoms with Crippen molar-refractivity contribution in [3.63, 3.8) is 0 Å². The SMILES string of the molecule is Cc1ccccc1C=NNC(=O)CCCC(=O)N/N=C/c1ccccc1C. The molecule has 2 aromatic rings. The Morgan fingerprint density at radius 2 is 1.19 bits per heavy atom. The number of hydrogen-bond donors (Lipinski definition) is 2. The van der Waals surface area contributed by atoms with Gasteiger partial charge in [-0.3, -0.25) is 9.59 Å². The summed E-state index contributed by atoms with van der Waals surface area (Å²) in [7, 11) is 0. The number of hydrazone groups is 2. The molecule has 2 aromatic carbocycles. The van der Waals surface area contributed by atoms with Gasteiger partial charge in [0.15, 0.2) is 0 Å². The van der Waals surface area contributed by atoms with Crippen LogP contribution in [0.25, 0.3) is 0 Å². The highest BCUT2D eigenvalue weighted by atomic mass is 16.2. The van der Waals surface area contributed by atoms with Crippen molar-refractivity contribution >= 4 is 24.2 Å². The fourth-order valence-electron chi connectivity index (χ4n) is 2.33. The van der Waals surface area contributed by atoms with Crippen molar-refractivity contribution in [1.82, 2.24) is 10.9 Å². The highest BCUT2D eigenvalue weighted by molar-refractivity contribution is 5.85. The quantitative estimate of drug-likeness (QED) is 0.557. The van der Waals surface area contributed by atoms with E-state index in [4.69, 9.17) is 0 Å². The van der Waals surface area contributed by atoms with Crippen LogP contribution in [0, 0.1) is 13.8 Å². The average molecular weight is 364 g/mol. The molecule has 0 aliphatic rings. The minimum atomic E-state index is -0.226. The number of aryl methyl sites for hydroxylation is 2. The monoisotopic (exact) mass is 364 g/mol. The van der Waals surface area contributed by atoms with Crippen LogP contribution in [-0.2, 0) is 9.59 Å². The molecular weight excluding hydrogens is 340 g/mol. The maximum absolute atomic E-state index is 11.8. The number of amides is 2. The van der Waals surface area contributed by atoms with Crippen LogP contribution in [0.15, 0.2) is 58.7 Å². The van der Waals surface area contributed by atoms with Gasteiger partial charge in [0.25, 0.3) is 0 Å². The van der Waals surface area contributed by atoms with Crippen LogP contribution in [0.2, 0.25) is 0 Å². The lowest BCUT2D eigenvalue weighted by Gasteiger charge is -2.02. The molecule has 0 heterocycles. The van der Waals surface area contributed by atoms with E-state index in [2.05, 4.69) is 21.1 Å². The topological polar surface area (TPSA) is 82.9 Å². The number of nitrogens with one attached hydrogen (secondary N) is 2. The van der Waals surface area contributed by atoms with Gasteiger partial charge in [-0.05, 0) is 42.5 Å². The second-order valence-electron chi connectivity index (χ2n) is 6.15. The van der Waals surface area contributed by atoms with Crippen LogP contribution < -0.4 is 10.9 Å². The summed E-state index contributed by atoms with van der Waals surface area (Å²) in [4.78, 5) is 23.5. The number of nitrogens with zero attached hydrogens (tertiary/aromatic N) is 2. The Morgan fingerprint density at radius 3 is 1.59 bits per heavy atom. The van der Waals surface area contributed by atoms with E-state index >= 15 is 0 Å². The second-order valence-corrected chi connectivity index (χ2v) is 6.15. The summed E-state index contributed by atoms with van der Waals surface area (Å²) in [5.74, 6) is -0.452. The maximum atomic E-state index is 11.8. The summed E-state index contributed by atoms with van der Waals surface area (Å²) >= 11 is 0.